The number of aromatic hydroxyl groups is 1. The molecule has 0 saturated heterocycles. The van der Waals surface area contributed by atoms with Crippen molar-refractivity contribution in [3.8, 4) is 5.75 Å². The summed E-state index contributed by atoms with van der Waals surface area (Å²) >= 11 is 6.09. The third-order valence-corrected chi connectivity index (χ3v) is 4.73. The molecule has 0 bridgehead atoms. The molecule has 19 heavy (non-hydrogen) atoms. The topological polar surface area (TPSA) is 32.3 Å². The van der Waals surface area contributed by atoms with Gasteiger partial charge in [0.15, 0.2) is 0 Å². The summed E-state index contributed by atoms with van der Waals surface area (Å²) in [7, 11) is 0. The Kier molecular flexibility index (Phi) is 5.53. The van der Waals surface area contributed by atoms with Gasteiger partial charge in [-0.15, -0.1) is 0 Å². The molecule has 1 aliphatic carbocycles. The maximum Gasteiger partial charge on any atom is 0.121 e. The predicted octanol–water partition coefficient (Wildman–Crippen LogP) is 4.35. The number of rotatable bonds is 5. The van der Waals surface area contributed by atoms with Crippen molar-refractivity contribution in [2.75, 3.05) is 6.54 Å². The molecule has 0 heterocycles. The van der Waals surface area contributed by atoms with Crippen LogP contribution in [0.15, 0.2) is 18.2 Å². The van der Waals surface area contributed by atoms with Crippen LogP contribution in [0.1, 0.15) is 44.6 Å². The number of nitrogens with one attached hydrogen (secondary N) is 1. The maximum atomic E-state index is 9.77. The highest BCUT2D eigenvalue weighted by Gasteiger charge is 2.19. The quantitative estimate of drug-likeness (QED) is 0.841. The lowest BCUT2D eigenvalue weighted by Crippen LogP contribution is -2.26. The van der Waals surface area contributed by atoms with E-state index in [0.29, 0.717) is 11.6 Å². The van der Waals surface area contributed by atoms with Crippen LogP contribution in [0, 0.1) is 11.8 Å². The molecule has 0 aliphatic heterocycles. The molecule has 0 radical (unpaired) electrons. The summed E-state index contributed by atoms with van der Waals surface area (Å²) < 4.78 is 0. The van der Waals surface area contributed by atoms with E-state index < -0.39 is 0 Å². The Hall–Kier alpha value is -0.730. The number of phenols is 1. The molecule has 0 amide bonds. The van der Waals surface area contributed by atoms with Crippen molar-refractivity contribution >= 4 is 11.6 Å². The average molecular weight is 282 g/mol. The van der Waals surface area contributed by atoms with E-state index in [1.54, 1.807) is 12.1 Å². The summed E-state index contributed by atoms with van der Waals surface area (Å²) in [5, 5.41) is 13.9. The second-order valence-corrected chi connectivity index (χ2v) is 6.07. The second kappa shape index (κ2) is 7.16. The van der Waals surface area contributed by atoms with Gasteiger partial charge in [0.05, 0.1) is 0 Å². The molecule has 106 valence electrons. The Morgan fingerprint density at radius 3 is 2.53 bits per heavy atom. The highest BCUT2D eigenvalue weighted by molar-refractivity contribution is 6.31. The molecule has 2 nitrogen and oxygen atoms in total. The smallest absolute Gasteiger partial charge is 0.121 e. The Balaban J connectivity index is 1.75. The third-order valence-electron chi connectivity index (χ3n) is 4.37. The molecular weight excluding hydrogens is 258 g/mol. The van der Waals surface area contributed by atoms with Crippen LogP contribution in [0.5, 0.6) is 5.75 Å². The first-order valence-corrected chi connectivity index (χ1v) is 7.75. The zero-order valence-electron chi connectivity index (χ0n) is 11.7. The standard InChI is InChI=1S/C16H24ClNO/c1-2-12-6-8-13(9-7-12)10-18-11-14-15(17)4-3-5-16(14)19/h3-5,12-13,18-19H,2,6-11H2,1H3. The van der Waals surface area contributed by atoms with E-state index >= 15 is 0 Å². The van der Waals surface area contributed by atoms with Crippen molar-refractivity contribution in [3.05, 3.63) is 28.8 Å². The highest BCUT2D eigenvalue weighted by Crippen LogP contribution is 2.30. The minimum Gasteiger partial charge on any atom is -0.508 e. The van der Waals surface area contributed by atoms with Crippen LogP contribution in [0.3, 0.4) is 0 Å². The van der Waals surface area contributed by atoms with E-state index in [1.165, 1.54) is 32.1 Å². The molecular formula is C16H24ClNO. The fourth-order valence-corrected chi connectivity index (χ4v) is 3.20. The second-order valence-electron chi connectivity index (χ2n) is 5.66. The Morgan fingerprint density at radius 2 is 1.89 bits per heavy atom. The molecule has 3 heteroatoms. The first kappa shape index (κ1) is 14.7. The van der Waals surface area contributed by atoms with Crippen LogP contribution in [-0.4, -0.2) is 11.7 Å². The largest absolute Gasteiger partial charge is 0.508 e. The monoisotopic (exact) mass is 281 g/mol. The number of hydrogen-bond donors (Lipinski definition) is 2. The molecule has 0 spiro atoms. The van der Waals surface area contributed by atoms with Gasteiger partial charge in [-0.25, -0.2) is 0 Å². The summed E-state index contributed by atoms with van der Waals surface area (Å²) in [5.41, 5.74) is 0.811. The fourth-order valence-electron chi connectivity index (χ4n) is 2.97. The summed E-state index contributed by atoms with van der Waals surface area (Å²) in [6.45, 7) is 3.98. The van der Waals surface area contributed by atoms with Crippen molar-refractivity contribution in [1.29, 1.82) is 0 Å². The molecule has 2 N–H and O–H groups in total. The number of benzene rings is 1. The van der Waals surface area contributed by atoms with Crippen LogP contribution in [-0.2, 0) is 6.54 Å². The van der Waals surface area contributed by atoms with Crippen molar-refractivity contribution < 1.29 is 5.11 Å². The molecule has 0 aromatic heterocycles. The van der Waals surface area contributed by atoms with Crippen LogP contribution < -0.4 is 5.32 Å². The molecule has 1 fully saturated rings. The average Bonchev–Trinajstić information content (AvgIpc) is 2.43. The first-order valence-electron chi connectivity index (χ1n) is 7.37. The van der Waals surface area contributed by atoms with Gasteiger partial charge in [0.1, 0.15) is 5.75 Å². The molecule has 1 aliphatic rings. The van der Waals surface area contributed by atoms with Crippen molar-refractivity contribution in [2.24, 2.45) is 11.8 Å². The van der Waals surface area contributed by atoms with Crippen LogP contribution >= 0.6 is 11.6 Å². The maximum absolute atomic E-state index is 9.77. The summed E-state index contributed by atoms with van der Waals surface area (Å²) in [4.78, 5) is 0. The van der Waals surface area contributed by atoms with E-state index in [9.17, 15) is 5.11 Å². The molecule has 2 rings (SSSR count). The zero-order valence-corrected chi connectivity index (χ0v) is 12.4. The summed E-state index contributed by atoms with van der Waals surface area (Å²) in [6.07, 6.45) is 6.74. The van der Waals surface area contributed by atoms with Gasteiger partial charge in [-0.1, -0.05) is 43.9 Å². The number of hydrogen-bond acceptors (Lipinski definition) is 2. The summed E-state index contributed by atoms with van der Waals surface area (Å²) in [5.74, 6) is 2.02. The van der Waals surface area contributed by atoms with E-state index in [2.05, 4.69) is 12.2 Å². The minimum absolute atomic E-state index is 0.287. The van der Waals surface area contributed by atoms with Gasteiger partial charge in [-0.3, -0.25) is 0 Å². The van der Waals surface area contributed by atoms with E-state index in [0.717, 1.165) is 23.9 Å². The lowest BCUT2D eigenvalue weighted by molar-refractivity contribution is 0.262. The van der Waals surface area contributed by atoms with Crippen LogP contribution in [0.4, 0.5) is 0 Å². The van der Waals surface area contributed by atoms with Crippen molar-refractivity contribution in [2.45, 2.75) is 45.6 Å². The molecule has 1 saturated carbocycles. The van der Waals surface area contributed by atoms with Gasteiger partial charge in [0, 0.05) is 17.1 Å². The highest BCUT2D eigenvalue weighted by atomic mass is 35.5. The fraction of sp³-hybridized carbons (Fsp3) is 0.625. The van der Waals surface area contributed by atoms with Crippen LogP contribution in [0.2, 0.25) is 5.02 Å². The number of halogens is 1. The van der Waals surface area contributed by atoms with E-state index in [-0.39, 0.29) is 5.75 Å². The lowest BCUT2D eigenvalue weighted by Gasteiger charge is -2.28. The molecule has 0 atom stereocenters. The SMILES string of the molecule is CCC1CCC(CNCc2c(O)cccc2Cl)CC1. The van der Waals surface area contributed by atoms with Gasteiger partial charge < -0.3 is 10.4 Å². The molecule has 1 aromatic rings. The predicted molar refractivity (Wildman–Crippen MR) is 80.6 cm³/mol. The molecule has 1 aromatic carbocycles. The van der Waals surface area contributed by atoms with Gasteiger partial charge in [-0.2, -0.15) is 0 Å². The summed E-state index contributed by atoms with van der Waals surface area (Å²) in [6, 6.07) is 5.29. The van der Waals surface area contributed by atoms with Gasteiger partial charge >= 0.3 is 0 Å². The van der Waals surface area contributed by atoms with Crippen LogP contribution in [0.25, 0.3) is 0 Å². The van der Waals surface area contributed by atoms with E-state index in [1.807, 2.05) is 6.07 Å². The Labute approximate surface area is 121 Å². The number of phenolic OH excluding ortho intramolecular Hbond substituents is 1. The Morgan fingerprint density at radius 1 is 1.21 bits per heavy atom. The van der Waals surface area contributed by atoms with Gasteiger partial charge in [0.2, 0.25) is 0 Å². The molecule has 0 unspecified atom stereocenters. The third kappa shape index (κ3) is 4.12. The van der Waals surface area contributed by atoms with Gasteiger partial charge in [-0.05, 0) is 43.4 Å². The normalized spacial score (nSPS) is 23.5. The van der Waals surface area contributed by atoms with Gasteiger partial charge in [0.25, 0.3) is 0 Å². The van der Waals surface area contributed by atoms with Crippen molar-refractivity contribution in [3.63, 3.8) is 0 Å². The van der Waals surface area contributed by atoms with Crippen molar-refractivity contribution in [1.82, 2.24) is 5.32 Å². The zero-order chi connectivity index (χ0) is 13.7. The Bertz CT molecular complexity index is 379. The minimum atomic E-state index is 0.287. The van der Waals surface area contributed by atoms with E-state index in [4.69, 9.17) is 11.6 Å². The first-order chi connectivity index (χ1) is 9.20. The lowest BCUT2D eigenvalue weighted by atomic mass is 9.81.